The van der Waals surface area contributed by atoms with Crippen LogP contribution in [0, 0.1) is 5.92 Å². The van der Waals surface area contributed by atoms with Gasteiger partial charge in [-0.05, 0) is 18.4 Å². The summed E-state index contributed by atoms with van der Waals surface area (Å²) in [5.74, 6) is -0.571. The van der Waals surface area contributed by atoms with Crippen LogP contribution in [0.5, 0.6) is 0 Å². The first-order valence-electron chi connectivity index (χ1n) is 7.15. The number of hydrogen-bond acceptors (Lipinski definition) is 4. The third kappa shape index (κ3) is 5.55. The van der Waals surface area contributed by atoms with Gasteiger partial charge in [-0.25, -0.2) is 0 Å². The van der Waals surface area contributed by atoms with Crippen molar-refractivity contribution >= 4 is 21.7 Å². The number of unbranched alkanes of at least 4 members (excludes halogenated alkanes) is 2. The van der Waals surface area contributed by atoms with Crippen molar-refractivity contribution in [3.63, 3.8) is 0 Å². The van der Waals surface area contributed by atoms with E-state index in [0.717, 1.165) is 25.3 Å². The Morgan fingerprint density at radius 2 is 1.95 bits per heavy atom. The minimum atomic E-state index is -4.51. The molecule has 0 aromatic carbocycles. The lowest BCUT2D eigenvalue weighted by Gasteiger charge is -2.14. The first-order chi connectivity index (χ1) is 9.73. The van der Waals surface area contributed by atoms with E-state index in [1.54, 1.807) is 0 Å². The second-order valence-corrected chi connectivity index (χ2v) is 7.22. The van der Waals surface area contributed by atoms with E-state index in [1.165, 1.54) is 12.2 Å². The maximum absolute atomic E-state index is 12.0. The Balaban J connectivity index is 2.53. The highest BCUT2D eigenvalue weighted by Crippen LogP contribution is 2.18. The van der Waals surface area contributed by atoms with Crippen molar-refractivity contribution in [3.8, 4) is 0 Å². The van der Waals surface area contributed by atoms with Crippen LogP contribution in [-0.2, 0) is 19.7 Å². The van der Waals surface area contributed by atoms with E-state index in [9.17, 15) is 18.0 Å². The van der Waals surface area contributed by atoms with Gasteiger partial charge in [-0.1, -0.05) is 45.3 Å². The Morgan fingerprint density at radius 1 is 1.29 bits per heavy atom. The number of ketones is 2. The van der Waals surface area contributed by atoms with Crippen molar-refractivity contribution in [2.45, 2.75) is 51.2 Å². The van der Waals surface area contributed by atoms with Crippen molar-refractivity contribution in [1.82, 2.24) is 0 Å². The lowest BCUT2D eigenvalue weighted by Crippen LogP contribution is -2.33. The number of allylic oxidation sites excluding steroid dienone is 3. The molecule has 0 spiro atoms. The van der Waals surface area contributed by atoms with Crippen molar-refractivity contribution in [3.05, 3.63) is 23.8 Å². The molecule has 0 amide bonds. The molecule has 0 radical (unpaired) electrons. The number of rotatable bonds is 8. The zero-order chi connectivity index (χ0) is 16.0. The zero-order valence-corrected chi connectivity index (χ0v) is 13.2. The lowest BCUT2D eigenvalue weighted by atomic mass is 9.95. The molecule has 118 valence electrons. The van der Waals surface area contributed by atoms with E-state index in [1.807, 2.05) is 0 Å². The van der Waals surface area contributed by atoms with Gasteiger partial charge in [-0.3, -0.25) is 14.1 Å². The number of hydrogen-bond donors (Lipinski definition) is 1. The van der Waals surface area contributed by atoms with Gasteiger partial charge in [0.1, 0.15) is 0 Å². The van der Waals surface area contributed by atoms with Crippen molar-refractivity contribution in [2.75, 3.05) is 0 Å². The van der Waals surface area contributed by atoms with Crippen LogP contribution in [0.4, 0.5) is 0 Å². The van der Waals surface area contributed by atoms with Crippen LogP contribution in [0.25, 0.3) is 0 Å². The smallest absolute Gasteiger partial charge is 0.279 e. The van der Waals surface area contributed by atoms with E-state index in [2.05, 4.69) is 13.8 Å². The van der Waals surface area contributed by atoms with Gasteiger partial charge in [0.2, 0.25) is 0 Å². The summed E-state index contributed by atoms with van der Waals surface area (Å²) >= 11 is 0. The normalized spacial score (nSPS) is 19.0. The van der Waals surface area contributed by atoms with Crippen LogP contribution in [0.2, 0.25) is 0 Å². The summed E-state index contributed by atoms with van der Waals surface area (Å²) < 4.78 is 31.1. The zero-order valence-electron chi connectivity index (χ0n) is 12.4. The van der Waals surface area contributed by atoms with Gasteiger partial charge in [-0.15, -0.1) is 0 Å². The summed E-state index contributed by atoms with van der Waals surface area (Å²) in [5, 5.41) is -1.65. The van der Waals surface area contributed by atoms with Gasteiger partial charge in [0.15, 0.2) is 16.8 Å². The fourth-order valence-corrected chi connectivity index (χ4v) is 2.88. The molecule has 1 atom stereocenters. The molecule has 0 fully saturated rings. The highest BCUT2D eigenvalue weighted by Gasteiger charge is 2.34. The number of carbonyl (C=O) groups excluding carboxylic acids is 2. The van der Waals surface area contributed by atoms with E-state index < -0.39 is 21.2 Å². The molecular formula is C15H22O5S. The number of carbonyl (C=O) groups is 2. The van der Waals surface area contributed by atoms with Gasteiger partial charge < -0.3 is 0 Å². The van der Waals surface area contributed by atoms with Crippen LogP contribution in [0.3, 0.4) is 0 Å². The maximum Gasteiger partial charge on any atom is 0.279 e. The van der Waals surface area contributed by atoms with Crippen LogP contribution >= 0.6 is 0 Å². The molecular weight excluding hydrogens is 292 g/mol. The molecule has 0 saturated heterocycles. The molecule has 6 heteroatoms. The molecule has 1 N–H and O–H groups in total. The Labute approximate surface area is 125 Å². The van der Waals surface area contributed by atoms with Crippen LogP contribution in [0.1, 0.15) is 46.0 Å². The molecule has 1 aliphatic rings. The molecule has 0 aromatic heterocycles. The monoisotopic (exact) mass is 314 g/mol. The second-order valence-electron chi connectivity index (χ2n) is 5.68. The van der Waals surface area contributed by atoms with Gasteiger partial charge in [0.05, 0.1) is 5.57 Å². The average Bonchev–Trinajstić information content (AvgIpc) is 2.36. The lowest BCUT2D eigenvalue weighted by molar-refractivity contribution is -0.121. The molecule has 1 unspecified atom stereocenters. The fraction of sp³-hybridized carbons (Fsp3) is 0.600. The molecule has 0 saturated carbocycles. The first kappa shape index (κ1) is 17.8. The Hall–Kier alpha value is -1.27. The minimum Gasteiger partial charge on any atom is -0.294 e. The van der Waals surface area contributed by atoms with E-state index in [-0.39, 0.29) is 17.8 Å². The molecule has 0 heterocycles. The summed E-state index contributed by atoms with van der Waals surface area (Å²) in [6.07, 6.45) is 7.67. The second kappa shape index (κ2) is 7.66. The summed E-state index contributed by atoms with van der Waals surface area (Å²) in [6, 6.07) is 0. The molecule has 0 aliphatic heterocycles. The van der Waals surface area contributed by atoms with Crippen LogP contribution in [-0.4, -0.2) is 29.8 Å². The SMILES string of the molecule is CC(C)CCCCCC(=O)C1=CC=CC(S(=O)(=O)O)C1=O. The standard InChI is InChI=1S/C15H22O5S/c1-11(2)7-4-3-5-9-13(16)12-8-6-10-14(15(12)17)21(18,19)20/h6,8,10-11,14H,3-5,7,9H2,1-2H3,(H,18,19,20). The van der Waals surface area contributed by atoms with Crippen molar-refractivity contribution in [1.29, 1.82) is 0 Å². The van der Waals surface area contributed by atoms with Crippen LogP contribution in [0.15, 0.2) is 23.8 Å². The highest BCUT2D eigenvalue weighted by atomic mass is 32.2. The van der Waals surface area contributed by atoms with E-state index in [0.29, 0.717) is 12.3 Å². The van der Waals surface area contributed by atoms with Gasteiger partial charge >= 0.3 is 0 Å². The van der Waals surface area contributed by atoms with Gasteiger partial charge in [0, 0.05) is 6.42 Å². The third-order valence-electron chi connectivity index (χ3n) is 3.38. The first-order valence-corrected chi connectivity index (χ1v) is 8.66. The van der Waals surface area contributed by atoms with E-state index >= 15 is 0 Å². The molecule has 1 rings (SSSR count). The maximum atomic E-state index is 12.0. The largest absolute Gasteiger partial charge is 0.294 e. The molecule has 21 heavy (non-hydrogen) atoms. The third-order valence-corrected chi connectivity index (χ3v) is 4.39. The minimum absolute atomic E-state index is 0.135. The average molecular weight is 314 g/mol. The quantitative estimate of drug-likeness (QED) is 0.422. The summed E-state index contributed by atoms with van der Waals surface area (Å²) in [4.78, 5) is 23.9. The van der Waals surface area contributed by atoms with Crippen molar-refractivity contribution < 1.29 is 22.6 Å². The summed E-state index contributed by atoms with van der Waals surface area (Å²) in [7, 11) is -4.51. The number of Topliss-reactive ketones (excluding diaryl/α,β-unsaturated/α-hetero) is 2. The Morgan fingerprint density at radius 3 is 2.52 bits per heavy atom. The van der Waals surface area contributed by atoms with E-state index in [4.69, 9.17) is 4.55 Å². The van der Waals surface area contributed by atoms with Crippen molar-refractivity contribution in [2.24, 2.45) is 5.92 Å². The van der Waals surface area contributed by atoms with Gasteiger partial charge in [-0.2, -0.15) is 8.42 Å². The Bertz CT molecular complexity index is 555. The molecule has 1 aliphatic carbocycles. The Kier molecular flexibility index (Phi) is 6.48. The van der Waals surface area contributed by atoms with Crippen LogP contribution < -0.4 is 0 Å². The molecule has 0 aromatic rings. The fourth-order valence-electron chi connectivity index (χ4n) is 2.19. The summed E-state index contributed by atoms with van der Waals surface area (Å²) in [6.45, 7) is 4.27. The summed E-state index contributed by atoms with van der Waals surface area (Å²) in [5.41, 5.74) is -0.135. The predicted molar refractivity (Wildman–Crippen MR) is 80.5 cm³/mol. The topological polar surface area (TPSA) is 88.5 Å². The van der Waals surface area contributed by atoms with Gasteiger partial charge in [0.25, 0.3) is 10.1 Å². The highest BCUT2D eigenvalue weighted by molar-refractivity contribution is 7.87. The molecule has 0 bridgehead atoms. The molecule has 5 nitrogen and oxygen atoms in total. The predicted octanol–water partition coefficient (Wildman–Crippen LogP) is 2.48.